The van der Waals surface area contributed by atoms with Crippen LogP contribution in [-0.4, -0.2) is 41.0 Å². The van der Waals surface area contributed by atoms with Crippen molar-refractivity contribution in [2.45, 2.75) is 50.6 Å². The molecule has 0 aromatic heterocycles. The molecule has 0 N–H and O–H groups in total. The smallest absolute Gasteiger partial charge is 0.320 e. The topological polar surface area (TPSA) is 23.6 Å². The van der Waals surface area contributed by atoms with Gasteiger partial charge in [0, 0.05) is 25.2 Å². The maximum absolute atomic E-state index is 12.2. The van der Waals surface area contributed by atoms with Crippen molar-refractivity contribution >= 4 is 6.03 Å². The predicted molar refractivity (Wildman–Crippen MR) is 54.1 cm³/mol. The normalized spacial score (nSPS) is 35.7. The van der Waals surface area contributed by atoms with Crippen LogP contribution in [0.15, 0.2) is 0 Å². The molecule has 3 saturated heterocycles. The van der Waals surface area contributed by atoms with Gasteiger partial charge in [0.25, 0.3) is 0 Å². The zero-order valence-electron chi connectivity index (χ0n) is 8.61. The molecule has 0 radical (unpaired) electrons. The first-order valence-corrected chi connectivity index (χ1v) is 5.93. The lowest BCUT2D eigenvalue weighted by Gasteiger charge is -2.27. The summed E-state index contributed by atoms with van der Waals surface area (Å²) < 4.78 is 0. The first-order chi connectivity index (χ1) is 6.86. The zero-order chi connectivity index (χ0) is 9.54. The molecule has 2 bridgehead atoms. The van der Waals surface area contributed by atoms with Crippen LogP contribution in [0.2, 0.25) is 0 Å². The fraction of sp³-hybridized carbons (Fsp3) is 0.909. The van der Waals surface area contributed by atoms with Crippen LogP contribution in [0.1, 0.15) is 38.5 Å². The van der Waals surface area contributed by atoms with Crippen LogP contribution in [0.5, 0.6) is 0 Å². The number of carbonyl (C=O) groups is 1. The molecule has 3 aliphatic rings. The molecule has 0 unspecified atom stereocenters. The third-order valence-electron chi connectivity index (χ3n) is 4.05. The molecule has 0 aliphatic carbocycles. The molecule has 78 valence electrons. The number of amides is 2. The fourth-order valence-corrected chi connectivity index (χ4v) is 3.30. The van der Waals surface area contributed by atoms with E-state index in [9.17, 15) is 4.79 Å². The highest BCUT2D eigenvalue weighted by molar-refractivity contribution is 5.76. The molecular weight excluding hydrogens is 176 g/mol. The summed E-state index contributed by atoms with van der Waals surface area (Å²) in [6, 6.07) is 1.52. The number of nitrogens with zero attached hydrogens (tertiary/aromatic N) is 2. The van der Waals surface area contributed by atoms with Gasteiger partial charge < -0.3 is 9.80 Å². The van der Waals surface area contributed by atoms with E-state index >= 15 is 0 Å². The van der Waals surface area contributed by atoms with E-state index in [2.05, 4.69) is 9.80 Å². The zero-order valence-corrected chi connectivity index (χ0v) is 8.61. The molecule has 3 aliphatic heterocycles. The van der Waals surface area contributed by atoms with Crippen molar-refractivity contribution in [1.29, 1.82) is 0 Å². The maximum atomic E-state index is 12.2. The van der Waals surface area contributed by atoms with Crippen LogP contribution in [0, 0.1) is 0 Å². The molecule has 3 fully saturated rings. The largest absolute Gasteiger partial charge is 0.325 e. The number of urea groups is 1. The van der Waals surface area contributed by atoms with Crippen molar-refractivity contribution < 1.29 is 4.79 Å². The second-order valence-corrected chi connectivity index (χ2v) is 4.85. The minimum absolute atomic E-state index is 0.340. The van der Waals surface area contributed by atoms with Gasteiger partial charge in [0.05, 0.1) is 0 Å². The number of hydrogen-bond acceptors (Lipinski definition) is 1. The Hall–Kier alpha value is -0.730. The van der Waals surface area contributed by atoms with Crippen molar-refractivity contribution in [2.24, 2.45) is 0 Å². The fourth-order valence-electron chi connectivity index (χ4n) is 3.30. The standard InChI is InChI=1S/C11H18N2O/c14-11(12-7-1-2-8-12)13-9-3-4-10(13)6-5-9/h9-10H,1-8H2. The summed E-state index contributed by atoms with van der Waals surface area (Å²) in [5, 5.41) is 0. The van der Waals surface area contributed by atoms with Gasteiger partial charge in [-0.15, -0.1) is 0 Å². The summed E-state index contributed by atoms with van der Waals surface area (Å²) in [6.07, 6.45) is 7.42. The van der Waals surface area contributed by atoms with E-state index in [1.165, 1.54) is 38.5 Å². The highest BCUT2D eigenvalue weighted by Gasteiger charge is 2.43. The average Bonchev–Trinajstić information content (AvgIpc) is 2.94. The van der Waals surface area contributed by atoms with Gasteiger partial charge in [-0.05, 0) is 38.5 Å². The molecule has 0 aromatic rings. The average molecular weight is 194 g/mol. The summed E-state index contributed by atoms with van der Waals surface area (Å²) in [7, 11) is 0. The summed E-state index contributed by atoms with van der Waals surface area (Å²) in [5.74, 6) is 0. The molecule has 3 heterocycles. The van der Waals surface area contributed by atoms with E-state index in [-0.39, 0.29) is 0 Å². The molecule has 0 atom stereocenters. The molecule has 0 spiro atoms. The van der Waals surface area contributed by atoms with E-state index in [0.717, 1.165) is 13.1 Å². The van der Waals surface area contributed by atoms with Gasteiger partial charge >= 0.3 is 6.03 Å². The summed E-state index contributed by atoms with van der Waals surface area (Å²) in [6.45, 7) is 1.99. The first-order valence-electron chi connectivity index (χ1n) is 5.93. The second-order valence-electron chi connectivity index (χ2n) is 4.85. The summed E-state index contributed by atoms with van der Waals surface area (Å²) in [4.78, 5) is 16.4. The van der Waals surface area contributed by atoms with Crippen molar-refractivity contribution in [1.82, 2.24) is 9.80 Å². The molecule has 3 nitrogen and oxygen atoms in total. The monoisotopic (exact) mass is 194 g/mol. The SMILES string of the molecule is O=C(N1CCCC1)N1C2CCC1CC2. The van der Waals surface area contributed by atoms with Gasteiger partial charge in [0.15, 0.2) is 0 Å². The van der Waals surface area contributed by atoms with Crippen LogP contribution < -0.4 is 0 Å². The Balaban J connectivity index is 1.72. The van der Waals surface area contributed by atoms with Crippen LogP contribution >= 0.6 is 0 Å². The van der Waals surface area contributed by atoms with Gasteiger partial charge in [0.1, 0.15) is 0 Å². The van der Waals surface area contributed by atoms with Crippen molar-refractivity contribution in [2.75, 3.05) is 13.1 Å². The van der Waals surface area contributed by atoms with Crippen LogP contribution in [0.3, 0.4) is 0 Å². The number of likely N-dealkylation sites (tertiary alicyclic amines) is 1. The highest BCUT2D eigenvalue weighted by Crippen LogP contribution is 2.38. The minimum atomic E-state index is 0.340. The van der Waals surface area contributed by atoms with Crippen LogP contribution in [0.4, 0.5) is 4.79 Å². The Bertz CT molecular complexity index is 228. The lowest BCUT2D eigenvalue weighted by atomic mass is 10.0. The Labute approximate surface area is 85.1 Å². The molecule has 0 saturated carbocycles. The Morgan fingerprint density at radius 1 is 0.929 bits per heavy atom. The Morgan fingerprint density at radius 2 is 1.43 bits per heavy atom. The summed E-state index contributed by atoms with van der Waals surface area (Å²) in [5.41, 5.74) is 0. The molecule has 3 rings (SSSR count). The van der Waals surface area contributed by atoms with Crippen molar-refractivity contribution in [3.8, 4) is 0 Å². The van der Waals surface area contributed by atoms with Crippen LogP contribution in [-0.2, 0) is 0 Å². The van der Waals surface area contributed by atoms with Gasteiger partial charge in [-0.1, -0.05) is 0 Å². The van der Waals surface area contributed by atoms with Gasteiger partial charge in [0.2, 0.25) is 0 Å². The number of fused-ring (bicyclic) bond motifs is 2. The number of carbonyl (C=O) groups excluding carboxylic acids is 1. The van der Waals surface area contributed by atoms with Crippen molar-refractivity contribution in [3.05, 3.63) is 0 Å². The van der Waals surface area contributed by atoms with Crippen LogP contribution in [0.25, 0.3) is 0 Å². The first kappa shape index (κ1) is 8.57. The number of hydrogen-bond donors (Lipinski definition) is 0. The van der Waals surface area contributed by atoms with Gasteiger partial charge in [-0.3, -0.25) is 0 Å². The Morgan fingerprint density at radius 3 is 1.93 bits per heavy atom. The third kappa shape index (κ3) is 1.14. The molecule has 0 aromatic carbocycles. The molecule has 2 amide bonds. The maximum Gasteiger partial charge on any atom is 0.320 e. The Kier molecular flexibility index (Phi) is 1.92. The lowest BCUT2D eigenvalue weighted by Crippen LogP contribution is -2.44. The predicted octanol–water partition coefficient (Wildman–Crippen LogP) is 1.83. The minimum Gasteiger partial charge on any atom is -0.325 e. The molecule has 14 heavy (non-hydrogen) atoms. The molecular formula is C11H18N2O. The third-order valence-corrected chi connectivity index (χ3v) is 4.05. The van der Waals surface area contributed by atoms with E-state index in [1.807, 2.05) is 0 Å². The lowest BCUT2D eigenvalue weighted by molar-refractivity contribution is 0.156. The number of rotatable bonds is 0. The second kappa shape index (κ2) is 3.14. The highest BCUT2D eigenvalue weighted by atomic mass is 16.2. The van der Waals surface area contributed by atoms with E-state index in [0.29, 0.717) is 18.1 Å². The quantitative estimate of drug-likeness (QED) is 0.577. The van der Waals surface area contributed by atoms with Gasteiger partial charge in [-0.2, -0.15) is 0 Å². The molecule has 3 heteroatoms. The van der Waals surface area contributed by atoms with Crippen molar-refractivity contribution in [3.63, 3.8) is 0 Å². The summed E-state index contributed by atoms with van der Waals surface area (Å²) >= 11 is 0. The van der Waals surface area contributed by atoms with E-state index in [4.69, 9.17) is 0 Å². The van der Waals surface area contributed by atoms with E-state index in [1.54, 1.807) is 0 Å². The van der Waals surface area contributed by atoms with E-state index < -0.39 is 0 Å². The van der Waals surface area contributed by atoms with Gasteiger partial charge in [-0.25, -0.2) is 4.79 Å².